The minimum Gasteiger partial charge on any atom is -0.373 e. The lowest BCUT2D eigenvalue weighted by molar-refractivity contribution is 0.563. The van der Waals surface area contributed by atoms with E-state index in [0.29, 0.717) is 6.04 Å². The van der Waals surface area contributed by atoms with Gasteiger partial charge in [0.2, 0.25) is 0 Å². The first-order valence-corrected chi connectivity index (χ1v) is 6.71. The van der Waals surface area contributed by atoms with Crippen LogP contribution >= 0.6 is 0 Å². The second-order valence-corrected chi connectivity index (χ2v) is 4.43. The fourth-order valence-electron chi connectivity index (χ4n) is 1.95. The van der Waals surface area contributed by atoms with E-state index in [1.807, 2.05) is 25.2 Å². The second-order valence-electron chi connectivity index (χ2n) is 4.43. The Morgan fingerprint density at radius 1 is 1.12 bits per heavy atom. The molecule has 0 bridgehead atoms. The van der Waals surface area contributed by atoms with Crippen molar-refractivity contribution < 1.29 is 0 Å². The zero-order chi connectivity index (χ0) is 12.5. The average Bonchev–Trinajstić information content (AvgIpc) is 2.36. The Labute approximate surface area is 105 Å². The van der Waals surface area contributed by atoms with Crippen molar-refractivity contribution in [3.8, 4) is 0 Å². The summed E-state index contributed by atoms with van der Waals surface area (Å²) in [6.45, 7) is 4.47. The van der Waals surface area contributed by atoms with E-state index in [0.717, 1.165) is 11.6 Å². The minimum absolute atomic E-state index is 0.555. The summed E-state index contributed by atoms with van der Waals surface area (Å²) in [5.74, 6) is 1.90. The third kappa shape index (κ3) is 5.07. The lowest BCUT2D eigenvalue weighted by Crippen LogP contribution is -2.20. The largest absolute Gasteiger partial charge is 0.373 e. The molecule has 1 atom stereocenters. The third-order valence-corrected chi connectivity index (χ3v) is 2.90. The van der Waals surface area contributed by atoms with Crippen LogP contribution in [-0.2, 0) is 0 Å². The van der Waals surface area contributed by atoms with E-state index in [-0.39, 0.29) is 0 Å². The maximum Gasteiger partial charge on any atom is 0.128 e. The van der Waals surface area contributed by atoms with E-state index < -0.39 is 0 Å². The van der Waals surface area contributed by atoms with Crippen molar-refractivity contribution in [2.75, 3.05) is 17.7 Å². The number of rotatable bonds is 8. The molecular formula is C14H25N3. The number of aromatic nitrogens is 1. The Hall–Kier alpha value is -1.25. The molecule has 96 valence electrons. The van der Waals surface area contributed by atoms with E-state index in [1.165, 1.54) is 32.1 Å². The molecule has 0 saturated heterocycles. The van der Waals surface area contributed by atoms with Crippen molar-refractivity contribution in [1.29, 1.82) is 0 Å². The second kappa shape index (κ2) is 7.93. The van der Waals surface area contributed by atoms with Gasteiger partial charge in [-0.3, -0.25) is 0 Å². The summed E-state index contributed by atoms with van der Waals surface area (Å²) < 4.78 is 0. The number of nitrogens with zero attached hydrogens (tertiary/aromatic N) is 1. The molecule has 1 aromatic heterocycles. The molecule has 1 rings (SSSR count). The Bertz CT molecular complexity index is 312. The smallest absolute Gasteiger partial charge is 0.128 e. The fourth-order valence-corrected chi connectivity index (χ4v) is 1.95. The van der Waals surface area contributed by atoms with Gasteiger partial charge in [-0.2, -0.15) is 0 Å². The Morgan fingerprint density at radius 2 is 1.88 bits per heavy atom. The standard InChI is InChI=1S/C14H25N3/c1-4-6-9-12(8-5-2)16-14-11-7-10-13(15-3)17-14/h7,10-12H,4-6,8-9H2,1-3H3,(H2,15,16,17). The van der Waals surface area contributed by atoms with Gasteiger partial charge in [-0.1, -0.05) is 39.2 Å². The summed E-state index contributed by atoms with van der Waals surface area (Å²) >= 11 is 0. The van der Waals surface area contributed by atoms with E-state index in [1.54, 1.807) is 0 Å². The van der Waals surface area contributed by atoms with E-state index in [2.05, 4.69) is 29.5 Å². The van der Waals surface area contributed by atoms with Gasteiger partial charge in [0.1, 0.15) is 11.6 Å². The average molecular weight is 235 g/mol. The first-order valence-electron chi connectivity index (χ1n) is 6.71. The van der Waals surface area contributed by atoms with Gasteiger partial charge < -0.3 is 10.6 Å². The van der Waals surface area contributed by atoms with Crippen molar-refractivity contribution in [2.45, 2.75) is 52.0 Å². The van der Waals surface area contributed by atoms with Crippen LogP contribution in [0.3, 0.4) is 0 Å². The predicted octanol–water partition coefficient (Wildman–Crippen LogP) is 3.89. The quantitative estimate of drug-likeness (QED) is 0.717. The van der Waals surface area contributed by atoms with Crippen LogP contribution in [0.5, 0.6) is 0 Å². The lowest BCUT2D eigenvalue weighted by Gasteiger charge is -2.18. The van der Waals surface area contributed by atoms with Crippen LogP contribution in [-0.4, -0.2) is 18.1 Å². The maximum absolute atomic E-state index is 4.50. The fraction of sp³-hybridized carbons (Fsp3) is 0.643. The number of pyridine rings is 1. The van der Waals surface area contributed by atoms with Crippen LogP contribution in [0.1, 0.15) is 46.0 Å². The number of nitrogens with one attached hydrogen (secondary N) is 2. The van der Waals surface area contributed by atoms with Crippen molar-refractivity contribution >= 4 is 11.6 Å². The Kier molecular flexibility index (Phi) is 6.45. The molecule has 0 aliphatic heterocycles. The normalized spacial score (nSPS) is 12.2. The van der Waals surface area contributed by atoms with Gasteiger partial charge in [-0.15, -0.1) is 0 Å². The number of hydrogen-bond acceptors (Lipinski definition) is 3. The van der Waals surface area contributed by atoms with Gasteiger partial charge in [0.15, 0.2) is 0 Å². The molecule has 0 radical (unpaired) electrons. The van der Waals surface area contributed by atoms with E-state index >= 15 is 0 Å². The van der Waals surface area contributed by atoms with Crippen LogP contribution in [0.25, 0.3) is 0 Å². The maximum atomic E-state index is 4.50. The SMILES string of the molecule is CCCCC(CCC)Nc1cccc(NC)n1. The predicted molar refractivity (Wildman–Crippen MR) is 75.6 cm³/mol. The molecule has 3 nitrogen and oxygen atoms in total. The molecule has 0 spiro atoms. The molecule has 0 aliphatic rings. The van der Waals surface area contributed by atoms with E-state index in [9.17, 15) is 0 Å². The van der Waals surface area contributed by atoms with Gasteiger partial charge in [-0.05, 0) is 25.0 Å². The minimum atomic E-state index is 0.555. The molecule has 0 aromatic carbocycles. The molecule has 1 aromatic rings. The molecule has 0 saturated carbocycles. The molecule has 0 aliphatic carbocycles. The topological polar surface area (TPSA) is 37.0 Å². The molecule has 2 N–H and O–H groups in total. The summed E-state index contributed by atoms with van der Waals surface area (Å²) in [6.07, 6.45) is 6.20. The molecule has 1 heterocycles. The zero-order valence-electron chi connectivity index (χ0n) is 11.3. The number of anilines is 2. The van der Waals surface area contributed by atoms with Gasteiger partial charge >= 0.3 is 0 Å². The zero-order valence-corrected chi connectivity index (χ0v) is 11.3. The summed E-state index contributed by atoms with van der Waals surface area (Å²) in [6, 6.07) is 6.60. The Morgan fingerprint density at radius 3 is 2.53 bits per heavy atom. The number of hydrogen-bond donors (Lipinski definition) is 2. The van der Waals surface area contributed by atoms with Crippen LogP contribution in [0, 0.1) is 0 Å². The molecule has 17 heavy (non-hydrogen) atoms. The summed E-state index contributed by atoms with van der Waals surface area (Å²) in [7, 11) is 1.90. The first kappa shape index (κ1) is 13.8. The van der Waals surface area contributed by atoms with Crippen molar-refractivity contribution in [3.63, 3.8) is 0 Å². The van der Waals surface area contributed by atoms with Gasteiger partial charge in [0.05, 0.1) is 0 Å². The molecule has 3 heteroatoms. The van der Waals surface area contributed by atoms with Gasteiger partial charge in [0.25, 0.3) is 0 Å². The molecule has 0 fully saturated rings. The summed E-state index contributed by atoms with van der Waals surface area (Å²) in [5.41, 5.74) is 0. The number of unbranched alkanes of at least 4 members (excludes halogenated alkanes) is 1. The lowest BCUT2D eigenvalue weighted by atomic mass is 10.1. The summed E-state index contributed by atoms with van der Waals surface area (Å²) in [5, 5.41) is 6.60. The third-order valence-electron chi connectivity index (χ3n) is 2.90. The highest BCUT2D eigenvalue weighted by molar-refractivity contribution is 5.45. The molecular weight excluding hydrogens is 210 g/mol. The van der Waals surface area contributed by atoms with Crippen LogP contribution in [0.2, 0.25) is 0 Å². The van der Waals surface area contributed by atoms with Crippen LogP contribution in [0.4, 0.5) is 11.6 Å². The van der Waals surface area contributed by atoms with E-state index in [4.69, 9.17) is 0 Å². The monoisotopic (exact) mass is 235 g/mol. The van der Waals surface area contributed by atoms with Gasteiger partial charge in [0, 0.05) is 13.1 Å². The van der Waals surface area contributed by atoms with Crippen LogP contribution in [0.15, 0.2) is 18.2 Å². The summed E-state index contributed by atoms with van der Waals surface area (Å²) in [4.78, 5) is 4.50. The molecule has 0 amide bonds. The van der Waals surface area contributed by atoms with Crippen molar-refractivity contribution in [3.05, 3.63) is 18.2 Å². The Balaban J connectivity index is 2.57. The molecule has 1 unspecified atom stereocenters. The van der Waals surface area contributed by atoms with Crippen molar-refractivity contribution in [1.82, 2.24) is 4.98 Å². The van der Waals surface area contributed by atoms with Gasteiger partial charge in [-0.25, -0.2) is 4.98 Å². The van der Waals surface area contributed by atoms with Crippen LogP contribution < -0.4 is 10.6 Å². The first-order chi connectivity index (χ1) is 8.30. The van der Waals surface area contributed by atoms with Crippen molar-refractivity contribution in [2.24, 2.45) is 0 Å². The highest BCUT2D eigenvalue weighted by atomic mass is 15.1. The highest BCUT2D eigenvalue weighted by Crippen LogP contribution is 2.15. The highest BCUT2D eigenvalue weighted by Gasteiger charge is 2.07.